The topological polar surface area (TPSA) is 121 Å². The van der Waals surface area contributed by atoms with Crippen LogP contribution in [0.15, 0.2) is 70.9 Å². The van der Waals surface area contributed by atoms with E-state index >= 15 is 0 Å². The summed E-state index contributed by atoms with van der Waals surface area (Å²) in [5.74, 6) is -1.45. The Morgan fingerprint density at radius 3 is 1.60 bits per heavy atom. The van der Waals surface area contributed by atoms with Crippen molar-refractivity contribution in [2.45, 2.75) is 103 Å². The van der Waals surface area contributed by atoms with Crippen molar-refractivity contribution in [3.63, 3.8) is 0 Å². The number of allylic oxidation sites excluding steroid dienone is 2. The molecule has 2 aromatic rings. The quantitative estimate of drug-likeness (QED) is 0.149. The Hall–Kier alpha value is -5.16. The third-order valence-electron chi connectivity index (χ3n) is 14.0. The van der Waals surface area contributed by atoms with Gasteiger partial charge >= 0.3 is 11.9 Å². The highest BCUT2D eigenvalue weighted by Gasteiger charge is 2.44. The van der Waals surface area contributed by atoms with Crippen molar-refractivity contribution in [2.75, 3.05) is 34.4 Å². The molecule has 0 N–H and O–H groups in total. The highest BCUT2D eigenvalue weighted by molar-refractivity contribution is 6.05. The number of methoxy groups -OCH3 is 2. The highest BCUT2D eigenvalue weighted by Crippen LogP contribution is 2.54. The predicted molar refractivity (Wildman–Crippen MR) is 234 cm³/mol. The fourth-order valence-electron chi connectivity index (χ4n) is 10.5. The van der Waals surface area contributed by atoms with Gasteiger partial charge in [-0.1, -0.05) is 76.2 Å². The molecule has 60 heavy (non-hydrogen) atoms. The molecule has 6 aliphatic rings. The van der Waals surface area contributed by atoms with Crippen molar-refractivity contribution in [2.24, 2.45) is 33.7 Å². The Morgan fingerprint density at radius 2 is 1.10 bits per heavy atom. The first-order valence-electron chi connectivity index (χ1n) is 21.8. The lowest BCUT2D eigenvalue weighted by atomic mass is 9.83. The Morgan fingerprint density at radius 1 is 0.650 bits per heavy atom. The van der Waals surface area contributed by atoms with E-state index in [1.807, 2.05) is 49.9 Å². The fourth-order valence-corrected chi connectivity index (χ4v) is 10.5. The Kier molecular flexibility index (Phi) is 11.8. The molecule has 2 saturated heterocycles. The smallest absolute Gasteiger partial charge is 0.306 e. The molecule has 0 aromatic heterocycles. The Balaban J connectivity index is 0.969. The molecule has 8 rings (SSSR count). The van der Waals surface area contributed by atoms with E-state index < -0.39 is 11.8 Å². The number of amides is 2. The van der Waals surface area contributed by atoms with Gasteiger partial charge in [0.05, 0.1) is 63.1 Å². The van der Waals surface area contributed by atoms with Gasteiger partial charge < -0.3 is 19.3 Å². The molecule has 2 aromatic carbocycles. The van der Waals surface area contributed by atoms with E-state index in [1.165, 1.54) is 42.0 Å². The number of likely N-dealkylation sites (tertiary alicyclic amines) is 2. The van der Waals surface area contributed by atoms with Crippen molar-refractivity contribution in [3.05, 3.63) is 83.2 Å². The van der Waals surface area contributed by atoms with E-state index in [0.29, 0.717) is 25.9 Å². The van der Waals surface area contributed by atoms with Crippen LogP contribution < -0.4 is 0 Å². The number of benzene rings is 2. The van der Waals surface area contributed by atoms with Gasteiger partial charge in [0.2, 0.25) is 11.8 Å². The number of esters is 2. The Labute approximate surface area is 354 Å². The normalized spacial score (nSPS) is 24.1. The molecule has 6 aliphatic heterocycles. The van der Waals surface area contributed by atoms with E-state index in [2.05, 4.69) is 60.5 Å². The molecule has 2 fully saturated rings. The zero-order valence-corrected chi connectivity index (χ0v) is 36.1. The number of carbonyl (C=O) groups is 4. The van der Waals surface area contributed by atoms with Crippen LogP contribution in [0, 0.1) is 23.7 Å². The van der Waals surface area contributed by atoms with Crippen LogP contribution in [0.5, 0.6) is 0 Å². The number of hydrogen-bond acceptors (Lipinski definition) is 9. The SMILES string of the molecule is COC(=O)C[C@H](C(=O)N1CCC[C@H]1C1=NC=C(c2ccc(-c3ccc(C4=CN=C([C@@H]5CCCN5C(=O)[C@H](CC(=O)OC)C(C)C)C4)c4c3C3C=CC4N3C)cc2)C1)C(C)C. The van der Waals surface area contributed by atoms with E-state index in [1.54, 1.807) is 0 Å². The maximum absolute atomic E-state index is 13.9. The van der Waals surface area contributed by atoms with Crippen molar-refractivity contribution in [3.8, 4) is 11.1 Å². The van der Waals surface area contributed by atoms with Crippen LogP contribution in [0.2, 0.25) is 0 Å². The maximum Gasteiger partial charge on any atom is 0.306 e. The van der Waals surface area contributed by atoms with Crippen molar-refractivity contribution < 1.29 is 28.7 Å². The van der Waals surface area contributed by atoms with Gasteiger partial charge in [-0.15, -0.1) is 0 Å². The largest absolute Gasteiger partial charge is 0.469 e. The minimum absolute atomic E-state index is 0.0177. The van der Waals surface area contributed by atoms with Gasteiger partial charge in [0, 0.05) is 49.8 Å². The number of aliphatic imine (C=N–C) groups is 2. The standard InChI is InChI=1S/C49H59N5O6/c1-28(2)36(24-44(55)59-6)48(57)53-20-8-10-40(53)38-22-32(26-50-38)30-12-14-31(15-13-30)34-16-17-35(47-43-19-18-42(46(34)47)52(43)5)33-23-39(51-27-33)41-11-9-21-54(41)49(58)37(29(3)4)25-45(56)60-7/h12-19,26-29,36-37,40-43H,8-11,20-25H2,1-7H3/t36-,37+,40-,41-,42?,43?/m0/s1. The summed E-state index contributed by atoms with van der Waals surface area (Å²) < 4.78 is 9.85. The second-order valence-corrected chi connectivity index (χ2v) is 18.0. The van der Waals surface area contributed by atoms with Gasteiger partial charge in [-0.05, 0) is 89.1 Å². The molecule has 0 aliphatic carbocycles. The van der Waals surface area contributed by atoms with E-state index in [4.69, 9.17) is 19.5 Å². The number of nitrogens with zero attached hydrogens (tertiary/aromatic N) is 5. The van der Waals surface area contributed by atoms with Crippen LogP contribution in [0.3, 0.4) is 0 Å². The monoisotopic (exact) mass is 813 g/mol. The average Bonchev–Trinajstić information content (AvgIpc) is 4.12. The molecule has 2 bridgehead atoms. The van der Waals surface area contributed by atoms with E-state index in [9.17, 15) is 19.2 Å². The summed E-state index contributed by atoms with van der Waals surface area (Å²) in [7, 11) is 4.94. The van der Waals surface area contributed by atoms with Crippen LogP contribution in [0.25, 0.3) is 22.3 Å². The van der Waals surface area contributed by atoms with Crippen molar-refractivity contribution in [1.82, 2.24) is 14.7 Å². The molecule has 2 unspecified atom stereocenters. The molecule has 6 atom stereocenters. The lowest BCUT2D eigenvalue weighted by molar-refractivity contribution is -0.148. The first kappa shape index (κ1) is 41.6. The van der Waals surface area contributed by atoms with E-state index in [-0.39, 0.29) is 72.6 Å². The van der Waals surface area contributed by atoms with Crippen LogP contribution in [-0.4, -0.2) is 96.3 Å². The van der Waals surface area contributed by atoms with E-state index in [0.717, 1.165) is 53.8 Å². The maximum atomic E-state index is 13.9. The summed E-state index contributed by atoms with van der Waals surface area (Å²) in [6.45, 7) is 9.32. The fraction of sp³-hybridized carbons (Fsp3) is 0.510. The molecule has 6 heterocycles. The average molecular weight is 814 g/mol. The first-order valence-corrected chi connectivity index (χ1v) is 21.8. The molecule has 0 spiro atoms. The molecule has 0 radical (unpaired) electrons. The lowest BCUT2D eigenvalue weighted by Crippen LogP contribution is -2.45. The molecule has 316 valence electrons. The summed E-state index contributed by atoms with van der Waals surface area (Å²) in [5, 5.41) is 0. The van der Waals surface area contributed by atoms with Gasteiger partial charge in [0.25, 0.3) is 0 Å². The summed E-state index contributed by atoms with van der Waals surface area (Å²) in [6.07, 6.45) is 13.8. The van der Waals surface area contributed by atoms with Crippen LogP contribution in [-0.2, 0) is 28.7 Å². The third kappa shape index (κ3) is 7.58. The van der Waals surface area contributed by atoms with Gasteiger partial charge in [-0.25, -0.2) is 0 Å². The number of fused-ring (bicyclic) bond motifs is 5. The lowest BCUT2D eigenvalue weighted by Gasteiger charge is -2.30. The molecule has 11 nitrogen and oxygen atoms in total. The molecular weight excluding hydrogens is 755 g/mol. The van der Waals surface area contributed by atoms with Crippen LogP contribution in [0.1, 0.15) is 113 Å². The zero-order valence-electron chi connectivity index (χ0n) is 36.1. The second kappa shape index (κ2) is 17.1. The van der Waals surface area contributed by atoms with Crippen molar-refractivity contribution >= 4 is 46.3 Å². The summed E-state index contributed by atoms with van der Waals surface area (Å²) >= 11 is 0. The zero-order chi connectivity index (χ0) is 42.4. The second-order valence-electron chi connectivity index (χ2n) is 18.0. The highest BCUT2D eigenvalue weighted by atomic mass is 16.5. The van der Waals surface area contributed by atoms with Crippen LogP contribution in [0.4, 0.5) is 0 Å². The number of carbonyl (C=O) groups excluding carboxylic acids is 4. The van der Waals surface area contributed by atoms with Crippen molar-refractivity contribution in [1.29, 1.82) is 0 Å². The van der Waals surface area contributed by atoms with Gasteiger partial charge in [0.15, 0.2) is 0 Å². The number of rotatable bonds is 13. The minimum atomic E-state index is -0.417. The number of likely N-dealkylation sites (N-methyl/N-ethyl adjacent to an activating group) is 1. The van der Waals surface area contributed by atoms with Gasteiger partial charge in [-0.2, -0.15) is 0 Å². The third-order valence-corrected chi connectivity index (χ3v) is 14.0. The van der Waals surface area contributed by atoms with Crippen LogP contribution >= 0.6 is 0 Å². The number of ether oxygens (including phenoxy) is 2. The minimum Gasteiger partial charge on any atom is -0.469 e. The number of hydrogen-bond donors (Lipinski definition) is 0. The van der Waals surface area contributed by atoms with Gasteiger partial charge in [-0.3, -0.25) is 34.1 Å². The first-order chi connectivity index (χ1) is 28.9. The molecule has 11 heteroatoms. The molecular formula is C49H59N5O6. The molecule has 2 amide bonds. The summed E-state index contributed by atoms with van der Waals surface area (Å²) in [5.41, 5.74) is 11.8. The molecule has 0 saturated carbocycles. The predicted octanol–water partition coefficient (Wildman–Crippen LogP) is 7.97. The summed E-state index contributed by atoms with van der Waals surface area (Å²) in [6, 6.07) is 13.6. The Bertz CT molecular complexity index is 2220. The summed E-state index contributed by atoms with van der Waals surface area (Å²) in [4.78, 5) is 68.2. The van der Waals surface area contributed by atoms with Gasteiger partial charge in [0.1, 0.15) is 0 Å².